The van der Waals surface area contributed by atoms with E-state index in [9.17, 15) is 35.6 Å². The second kappa shape index (κ2) is 10.4. The molecule has 0 aliphatic carbocycles. The molecule has 3 aromatic rings. The minimum absolute atomic E-state index is 0.0652. The zero-order chi connectivity index (χ0) is 25.7. The van der Waals surface area contributed by atoms with E-state index in [0.29, 0.717) is 15.6 Å². The van der Waals surface area contributed by atoms with E-state index in [-0.39, 0.29) is 28.5 Å². The molecule has 0 atom stereocenters. The van der Waals surface area contributed by atoms with Gasteiger partial charge in [-0.25, -0.2) is 0 Å². The molecule has 0 spiro atoms. The van der Waals surface area contributed by atoms with E-state index in [1.807, 2.05) is 6.07 Å². The third-order valence-electron chi connectivity index (χ3n) is 4.63. The van der Waals surface area contributed by atoms with Crippen LogP contribution in [0.15, 0.2) is 59.1 Å². The second-order valence-corrected chi connectivity index (χ2v) is 7.63. The third kappa shape index (κ3) is 5.57. The molecule has 0 aliphatic rings. The van der Waals surface area contributed by atoms with Gasteiger partial charge in [-0.3, -0.25) is 30.3 Å². The van der Waals surface area contributed by atoms with Crippen LogP contribution in [-0.4, -0.2) is 21.9 Å². The van der Waals surface area contributed by atoms with Gasteiger partial charge in [0.05, 0.1) is 44.1 Å². The smallest absolute Gasteiger partial charge is 0.318 e. The molecule has 176 valence electrons. The predicted octanol–water partition coefficient (Wildman–Crippen LogP) is 6.04. The van der Waals surface area contributed by atoms with Crippen molar-refractivity contribution in [3.05, 3.63) is 101 Å². The van der Waals surface area contributed by atoms with Crippen molar-refractivity contribution >= 4 is 44.6 Å². The molecular formula is C22H13BrN4O8. The van der Waals surface area contributed by atoms with Gasteiger partial charge in [0.1, 0.15) is 0 Å². The summed E-state index contributed by atoms with van der Waals surface area (Å²) in [4.78, 5) is 31.1. The molecule has 12 nitrogen and oxygen atoms in total. The number of rotatable bonds is 8. The lowest BCUT2D eigenvalue weighted by Crippen LogP contribution is -1.98. The fraction of sp³-hybridized carbons (Fsp3) is 0.0455. The Morgan fingerprint density at radius 3 is 2.09 bits per heavy atom. The third-order valence-corrected chi connectivity index (χ3v) is 5.22. The van der Waals surface area contributed by atoms with Crippen LogP contribution in [0.4, 0.5) is 17.1 Å². The predicted molar refractivity (Wildman–Crippen MR) is 127 cm³/mol. The SMILES string of the molecule is COc1cc(/C=C(\C#N)c2ccc([N+](=O)[O-])cc2)cc(Br)c1Oc1ccc([N+](=O)[O-])cc1[N+](=O)[O-]. The van der Waals surface area contributed by atoms with Crippen molar-refractivity contribution in [2.75, 3.05) is 7.11 Å². The van der Waals surface area contributed by atoms with Crippen molar-refractivity contribution < 1.29 is 24.2 Å². The number of allylic oxidation sites excluding steroid dienone is 1. The van der Waals surface area contributed by atoms with E-state index in [4.69, 9.17) is 9.47 Å². The standard InChI is InChI=1S/C22H13BrN4O8/c1-34-21-10-13(8-15(12-24)14-2-4-16(5-3-14)25(28)29)9-18(23)22(21)35-20-7-6-17(26(30)31)11-19(20)27(32)33/h2-11H,1H3/b15-8+. The van der Waals surface area contributed by atoms with Gasteiger partial charge in [0.2, 0.25) is 5.75 Å². The van der Waals surface area contributed by atoms with Gasteiger partial charge in [-0.2, -0.15) is 5.26 Å². The van der Waals surface area contributed by atoms with Crippen molar-refractivity contribution in [3.8, 4) is 23.3 Å². The van der Waals surface area contributed by atoms with Crippen LogP contribution in [0, 0.1) is 41.7 Å². The average Bonchev–Trinajstić information content (AvgIpc) is 2.83. The lowest BCUT2D eigenvalue weighted by atomic mass is 10.0. The van der Waals surface area contributed by atoms with Crippen molar-refractivity contribution in [2.45, 2.75) is 0 Å². The molecule has 3 rings (SSSR count). The summed E-state index contributed by atoms with van der Waals surface area (Å²) in [6.45, 7) is 0. The Kier molecular flexibility index (Phi) is 7.37. The summed E-state index contributed by atoms with van der Waals surface area (Å²) in [6.07, 6.45) is 1.52. The maximum absolute atomic E-state index is 11.4. The highest BCUT2D eigenvalue weighted by Crippen LogP contribution is 2.43. The molecule has 3 aromatic carbocycles. The van der Waals surface area contributed by atoms with Gasteiger partial charge >= 0.3 is 5.69 Å². The summed E-state index contributed by atoms with van der Waals surface area (Å²) in [5.74, 6) is -0.0267. The number of nitro benzene ring substituents is 3. The van der Waals surface area contributed by atoms with E-state index in [1.165, 1.54) is 43.5 Å². The first kappa shape index (κ1) is 24.8. The number of nitro groups is 3. The monoisotopic (exact) mass is 540 g/mol. The number of hydrogen-bond acceptors (Lipinski definition) is 9. The van der Waals surface area contributed by atoms with Gasteiger partial charge in [-0.15, -0.1) is 0 Å². The number of hydrogen-bond donors (Lipinski definition) is 0. The van der Waals surface area contributed by atoms with Gasteiger partial charge in [0.25, 0.3) is 11.4 Å². The first-order valence-electron chi connectivity index (χ1n) is 9.49. The molecule has 0 aromatic heterocycles. The fourth-order valence-corrected chi connectivity index (χ4v) is 3.53. The number of benzene rings is 3. The minimum atomic E-state index is -0.802. The second-order valence-electron chi connectivity index (χ2n) is 6.78. The fourth-order valence-electron chi connectivity index (χ4n) is 2.99. The largest absolute Gasteiger partial charge is 0.493 e. The molecule has 0 radical (unpaired) electrons. The van der Waals surface area contributed by atoms with Crippen molar-refractivity contribution in [3.63, 3.8) is 0 Å². The lowest BCUT2D eigenvalue weighted by Gasteiger charge is -2.13. The molecule has 0 saturated heterocycles. The van der Waals surface area contributed by atoms with E-state index < -0.39 is 26.1 Å². The van der Waals surface area contributed by atoms with Crippen LogP contribution in [0.1, 0.15) is 11.1 Å². The first-order valence-corrected chi connectivity index (χ1v) is 10.3. The Balaban J connectivity index is 2.01. The molecule has 0 aliphatic heterocycles. The average molecular weight is 541 g/mol. The van der Waals surface area contributed by atoms with Gasteiger partial charge in [0.15, 0.2) is 11.5 Å². The molecule has 0 N–H and O–H groups in total. The minimum Gasteiger partial charge on any atom is -0.493 e. The molecule has 35 heavy (non-hydrogen) atoms. The molecule has 0 amide bonds. The lowest BCUT2D eigenvalue weighted by molar-refractivity contribution is -0.394. The molecule has 0 saturated carbocycles. The number of ether oxygens (including phenoxy) is 2. The van der Waals surface area contributed by atoms with Crippen LogP contribution < -0.4 is 9.47 Å². The molecular weight excluding hydrogens is 528 g/mol. The summed E-state index contributed by atoms with van der Waals surface area (Å²) in [6, 6.07) is 13.6. The Morgan fingerprint density at radius 2 is 1.54 bits per heavy atom. The Bertz CT molecular complexity index is 1410. The van der Waals surface area contributed by atoms with Crippen LogP contribution in [0.5, 0.6) is 17.2 Å². The molecule has 0 fully saturated rings. The number of halogens is 1. The number of methoxy groups -OCH3 is 1. The highest BCUT2D eigenvalue weighted by atomic mass is 79.9. The van der Waals surface area contributed by atoms with Gasteiger partial charge < -0.3 is 9.47 Å². The summed E-state index contributed by atoms with van der Waals surface area (Å²) >= 11 is 3.32. The van der Waals surface area contributed by atoms with Gasteiger partial charge in [-0.1, -0.05) is 0 Å². The summed E-state index contributed by atoms with van der Waals surface area (Å²) in [7, 11) is 1.34. The van der Waals surface area contributed by atoms with Crippen molar-refractivity contribution in [1.82, 2.24) is 0 Å². The Labute approximate surface area is 205 Å². The quantitative estimate of drug-likeness (QED) is 0.143. The normalized spacial score (nSPS) is 10.8. The maximum atomic E-state index is 11.4. The van der Waals surface area contributed by atoms with Crippen LogP contribution in [0.2, 0.25) is 0 Å². The molecule has 0 unspecified atom stereocenters. The van der Waals surface area contributed by atoms with E-state index in [0.717, 1.165) is 18.2 Å². The van der Waals surface area contributed by atoms with Crippen LogP contribution >= 0.6 is 15.9 Å². The highest BCUT2D eigenvalue weighted by molar-refractivity contribution is 9.10. The maximum Gasteiger partial charge on any atom is 0.318 e. The number of non-ortho nitro benzene ring substituents is 2. The Hall–Kier alpha value is -4.83. The molecule has 0 heterocycles. The number of nitriles is 1. The van der Waals surface area contributed by atoms with Gasteiger partial charge in [0, 0.05) is 18.2 Å². The summed E-state index contributed by atoms with van der Waals surface area (Å²) in [5.41, 5.74) is -0.0251. The van der Waals surface area contributed by atoms with Crippen LogP contribution in [0.25, 0.3) is 11.6 Å². The summed E-state index contributed by atoms with van der Waals surface area (Å²) in [5, 5.41) is 42.8. The molecule has 13 heteroatoms. The van der Waals surface area contributed by atoms with E-state index >= 15 is 0 Å². The van der Waals surface area contributed by atoms with Gasteiger partial charge in [-0.05, 0) is 63.5 Å². The van der Waals surface area contributed by atoms with Crippen molar-refractivity contribution in [2.24, 2.45) is 0 Å². The summed E-state index contributed by atoms with van der Waals surface area (Å²) < 4.78 is 11.3. The highest BCUT2D eigenvalue weighted by Gasteiger charge is 2.23. The van der Waals surface area contributed by atoms with Crippen LogP contribution in [-0.2, 0) is 0 Å². The Morgan fingerprint density at radius 1 is 0.914 bits per heavy atom. The van der Waals surface area contributed by atoms with Crippen LogP contribution in [0.3, 0.4) is 0 Å². The van der Waals surface area contributed by atoms with E-state index in [1.54, 1.807) is 6.07 Å². The topological polar surface area (TPSA) is 172 Å². The zero-order valence-electron chi connectivity index (χ0n) is 17.7. The van der Waals surface area contributed by atoms with Crippen molar-refractivity contribution in [1.29, 1.82) is 5.26 Å². The zero-order valence-corrected chi connectivity index (χ0v) is 19.3. The first-order chi connectivity index (χ1) is 16.6. The molecule has 0 bridgehead atoms. The van der Waals surface area contributed by atoms with E-state index in [2.05, 4.69) is 15.9 Å². The number of nitrogens with zero attached hydrogens (tertiary/aromatic N) is 4.